The second-order valence-corrected chi connectivity index (χ2v) is 7.11. The molecule has 0 heterocycles. The monoisotopic (exact) mass is 350 g/mol. The first-order valence-electron chi connectivity index (χ1n) is 7.43. The molecule has 2 aromatic carbocycles. The number of benzene rings is 2. The summed E-state index contributed by atoms with van der Waals surface area (Å²) in [4.78, 5) is 13.8. The Bertz CT molecular complexity index is 792. The van der Waals surface area contributed by atoms with Crippen molar-refractivity contribution in [3.8, 4) is 0 Å². The number of amides is 1. The molecule has 0 unspecified atom stereocenters. The Balaban J connectivity index is 2.19. The Kier molecular flexibility index (Phi) is 5.69. The number of anilines is 1. The third kappa shape index (κ3) is 3.98. The van der Waals surface area contributed by atoms with Crippen LogP contribution in [0, 0.1) is 5.82 Å². The fourth-order valence-corrected chi connectivity index (χ4v) is 3.57. The van der Waals surface area contributed by atoms with Gasteiger partial charge in [0.25, 0.3) is 0 Å². The maximum absolute atomic E-state index is 13.0. The first-order valence-corrected chi connectivity index (χ1v) is 8.87. The van der Waals surface area contributed by atoms with Gasteiger partial charge in [-0.3, -0.25) is 4.79 Å². The van der Waals surface area contributed by atoms with Crippen LogP contribution in [0.1, 0.15) is 6.92 Å². The van der Waals surface area contributed by atoms with E-state index in [9.17, 15) is 17.6 Å². The van der Waals surface area contributed by atoms with Crippen LogP contribution >= 0.6 is 0 Å². The lowest BCUT2D eigenvalue weighted by Crippen LogP contribution is -2.41. The van der Waals surface area contributed by atoms with Crippen molar-refractivity contribution in [2.45, 2.75) is 11.8 Å². The molecule has 0 aliphatic rings. The molecule has 0 saturated heterocycles. The second kappa shape index (κ2) is 7.55. The van der Waals surface area contributed by atoms with Crippen LogP contribution in [0.2, 0.25) is 0 Å². The lowest BCUT2D eigenvalue weighted by molar-refractivity contribution is -0.118. The summed E-state index contributed by atoms with van der Waals surface area (Å²) >= 11 is 0. The number of hydrogen-bond donors (Lipinski definition) is 0. The number of carbonyl (C=O) groups is 1. The molecule has 5 nitrogen and oxygen atoms in total. The Morgan fingerprint density at radius 2 is 1.62 bits per heavy atom. The van der Waals surface area contributed by atoms with Gasteiger partial charge in [-0.15, -0.1) is 0 Å². The zero-order chi connectivity index (χ0) is 17.7. The van der Waals surface area contributed by atoms with Crippen LogP contribution in [-0.2, 0) is 14.8 Å². The third-order valence-electron chi connectivity index (χ3n) is 3.63. The van der Waals surface area contributed by atoms with Gasteiger partial charge in [0.1, 0.15) is 5.82 Å². The van der Waals surface area contributed by atoms with E-state index >= 15 is 0 Å². The highest BCUT2D eigenvalue weighted by Crippen LogP contribution is 2.17. The number of sulfonamides is 1. The highest BCUT2D eigenvalue weighted by Gasteiger charge is 2.26. The summed E-state index contributed by atoms with van der Waals surface area (Å²) in [6.45, 7) is 1.49. The zero-order valence-electron chi connectivity index (χ0n) is 13.5. The lowest BCUT2D eigenvalue weighted by atomic mass is 10.3. The molecule has 2 rings (SSSR count). The van der Waals surface area contributed by atoms with Gasteiger partial charge < -0.3 is 4.90 Å². The van der Waals surface area contributed by atoms with E-state index in [0.29, 0.717) is 5.69 Å². The van der Waals surface area contributed by atoms with Gasteiger partial charge in [0.2, 0.25) is 15.9 Å². The number of hydrogen-bond acceptors (Lipinski definition) is 3. The standard InChI is InChI=1S/C17H19FN2O3S/c1-3-20(24(22,23)16-11-9-14(18)10-12-16)13-17(21)19(2)15-7-5-4-6-8-15/h4-12H,3,13H2,1-2H3. The summed E-state index contributed by atoms with van der Waals surface area (Å²) in [5.74, 6) is -0.870. The summed E-state index contributed by atoms with van der Waals surface area (Å²) in [5, 5.41) is 0. The van der Waals surface area contributed by atoms with E-state index in [4.69, 9.17) is 0 Å². The first kappa shape index (κ1) is 18.1. The van der Waals surface area contributed by atoms with Crippen molar-refractivity contribution in [2.75, 3.05) is 25.0 Å². The Morgan fingerprint density at radius 1 is 1.04 bits per heavy atom. The summed E-state index contributed by atoms with van der Waals surface area (Å²) in [6, 6.07) is 13.5. The molecule has 0 aliphatic heterocycles. The van der Waals surface area contributed by atoms with Crippen LogP contribution in [-0.4, -0.2) is 38.8 Å². The smallest absolute Gasteiger partial charge is 0.243 e. The second-order valence-electron chi connectivity index (χ2n) is 5.17. The molecule has 0 spiro atoms. The van der Waals surface area contributed by atoms with Gasteiger partial charge in [0.05, 0.1) is 11.4 Å². The molecule has 0 radical (unpaired) electrons. The average Bonchev–Trinajstić information content (AvgIpc) is 2.59. The van der Waals surface area contributed by atoms with Gasteiger partial charge >= 0.3 is 0 Å². The maximum Gasteiger partial charge on any atom is 0.243 e. The molecule has 0 atom stereocenters. The minimum Gasteiger partial charge on any atom is -0.314 e. The number of rotatable bonds is 6. The molecule has 0 fully saturated rings. The predicted octanol–water partition coefficient (Wildman–Crippen LogP) is 2.50. The van der Waals surface area contributed by atoms with Crippen LogP contribution < -0.4 is 4.90 Å². The maximum atomic E-state index is 13.0. The molecule has 24 heavy (non-hydrogen) atoms. The molecule has 0 aliphatic carbocycles. The summed E-state index contributed by atoms with van der Waals surface area (Å²) in [7, 11) is -2.27. The Hall–Kier alpha value is -2.25. The Morgan fingerprint density at radius 3 is 2.17 bits per heavy atom. The van der Waals surface area contributed by atoms with E-state index in [0.717, 1.165) is 16.4 Å². The molecule has 7 heteroatoms. The van der Waals surface area contributed by atoms with E-state index in [2.05, 4.69) is 0 Å². The van der Waals surface area contributed by atoms with Crippen molar-refractivity contribution in [1.29, 1.82) is 0 Å². The van der Waals surface area contributed by atoms with Gasteiger partial charge in [-0.05, 0) is 36.4 Å². The molecule has 0 bridgehead atoms. The van der Waals surface area contributed by atoms with Crippen LogP contribution in [0.4, 0.5) is 10.1 Å². The van der Waals surface area contributed by atoms with E-state index in [-0.39, 0.29) is 23.9 Å². The number of carbonyl (C=O) groups excluding carboxylic acids is 1. The molecular formula is C17H19FN2O3S. The lowest BCUT2D eigenvalue weighted by Gasteiger charge is -2.24. The number of halogens is 1. The summed E-state index contributed by atoms with van der Waals surface area (Å²) in [5.41, 5.74) is 0.678. The minimum absolute atomic E-state index is 0.0408. The SMILES string of the molecule is CCN(CC(=O)N(C)c1ccccc1)S(=O)(=O)c1ccc(F)cc1. The Labute approximate surface area is 141 Å². The van der Waals surface area contributed by atoms with Crippen molar-refractivity contribution in [1.82, 2.24) is 4.31 Å². The fraction of sp³-hybridized carbons (Fsp3) is 0.235. The van der Waals surface area contributed by atoms with Gasteiger partial charge in [-0.25, -0.2) is 12.8 Å². The predicted molar refractivity (Wildman–Crippen MR) is 90.7 cm³/mol. The van der Waals surface area contributed by atoms with Crippen LogP contribution in [0.5, 0.6) is 0 Å². The molecule has 1 amide bonds. The first-order chi connectivity index (χ1) is 11.4. The molecule has 0 aromatic heterocycles. The average molecular weight is 350 g/mol. The van der Waals surface area contributed by atoms with Gasteiger partial charge in [-0.1, -0.05) is 25.1 Å². The minimum atomic E-state index is -3.86. The summed E-state index contributed by atoms with van der Waals surface area (Å²) in [6.07, 6.45) is 0. The third-order valence-corrected chi connectivity index (χ3v) is 5.57. The van der Waals surface area contributed by atoms with Crippen molar-refractivity contribution < 1.29 is 17.6 Å². The van der Waals surface area contributed by atoms with Gasteiger partial charge in [0.15, 0.2) is 0 Å². The number of likely N-dealkylation sites (N-methyl/N-ethyl adjacent to an activating group) is 2. The van der Waals surface area contributed by atoms with E-state index in [1.54, 1.807) is 38.2 Å². The molecular weight excluding hydrogens is 331 g/mol. The van der Waals surface area contributed by atoms with E-state index in [1.165, 1.54) is 17.0 Å². The van der Waals surface area contributed by atoms with E-state index in [1.807, 2.05) is 6.07 Å². The van der Waals surface area contributed by atoms with Crippen molar-refractivity contribution in [3.63, 3.8) is 0 Å². The van der Waals surface area contributed by atoms with Crippen molar-refractivity contribution >= 4 is 21.6 Å². The van der Waals surface area contributed by atoms with Crippen molar-refractivity contribution in [2.24, 2.45) is 0 Å². The highest BCUT2D eigenvalue weighted by molar-refractivity contribution is 7.89. The molecule has 0 N–H and O–H groups in total. The summed E-state index contributed by atoms with van der Waals surface area (Å²) < 4.78 is 39.3. The van der Waals surface area contributed by atoms with E-state index < -0.39 is 15.8 Å². The van der Waals surface area contributed by atoms with Gasteiger partial charge in [0, 0.05) is 19.3 Å². The fourth-order valence-electron chi connectivity index (χ4n) is 2.17. The molecule has 128 valence electrons. The quantitative estimate of drug-likeness (QED) is 0.804. The number of para-hydroxylation sites is 1. The largest absolute Gasteiger partial charge is 0.314 e. The van der Waals surface area contributed by atoms with Crippen LogP contribution in [0.25, 0.3) is 0 Å². The van der Waals surface area contributed by atoms with Gasteiger partial charge in [-0.2, -0.15) is 4.31 Å². The molecule has 2 aromatic rings. The highest BCUT2D eigenvalue weighted by atomic mass is 32.2. The molecule has 0 saturated carbocycles. The number of nitrogens with zero attached hydrogens (tertiary/aromatic N) is 2. The van der Waals surface area contributed by atoms with Crippen LogP contribution in [0.3, 0.4) is 0 Å². The zero-order valence-corrected chi connectivity index (χ0v) is 14.3. The van der Waals surface area contributed by atoms with Crippen LogP contribution in [0.15, 0.2) is 59.5 Å². The van der Waals surface area contributed by atoms with Crippen molar-refractivity contribution in [3.05, 3.63) is 60.4 Å². The normalized spacial score (nSPS) is 11.5. The topological polar surface area (TPSA) is 57.7 Å².